The number of anilines is 4. The molecule has 2 heterocycles. The largest absolute Gasteiger partial charge is 0.324 e. The Labute approximate surface area is 250 Å². The molecule has 0 atom stereocenters. The van der Waals surface area contributed by atoms with E-state index in [1.807, 2.05) is 57.2 Å². The minimum absolute atomic E-state index is 0.0267. The highest BCUT2D eigenvalue weighted by molar-refractivity contribution is 6.35. The summed E-state index contributed by atoms with van der Waals surface area (Å²) in [5.74, 6) is 0.532. The van der Waals surface area contributed by atoms with Crippen LogP contribution in [0, 0.1) is 27.7 Å². The van der Waals surface area contributed by atoms with E-state index in [2.05, 4.69) is 40.9 Å². The van der Waals surface area contributed by atoms with E-state index in [1.54, 1.807) is 25.1 Å². The molecule has 10 nitrogen and oxygen atoms in total. The number of hydrogen-bond acceptors (Lipinski definition) is 8. The summed E-state index contributed by atoms with van der Waals surface area (Å²) < 4.78 is 1.30. The maximum Gasteiger partial charge on any atom is 0.299 e. The molecule has 0 amide bonds. The summed E-state index contributed by atoms with van der Waals surface area (Å²) in [5, 5.41) is 18.8. The van der Waals surface area contributed by atoms with E-state index in [-0.39, 0.29) is 16.9 Å². The average Bonchev–Trinajstić information content (AvgIpc) is 3.18. The first kappa shape index (κ1) is 28.3. The van der Waals surface area contributed by atoms with Crippen molar-refractivity contribution < 1.29 is 0 Å². The standard InChI is InChI=1S/C28H24Cl3N9O/c1-14-6-5-7-18(10-14)32-27-34-26(31)35-28(36-27)33-19-9-8-15(2)22(12-19)37-38-24-17(4)39-40(25(24)41)23-13-20(29)16(3)11-21(23)30/h5-13,39H,1-4H3,(H2,32,33,34,35,36). The van der Waals surface area contributed by atoms with Gasteiger partial charge < -0.3 is 10.6 Å². The van der Waals surface area contributed by atoms with Gasteiger partial charge in [-0.1, -0.05) is 41.4 Å². The summed E-state index contributed by atoms with van der Waals surface area (Å²) in [6.45, 7) is 7.45. The van der Waals surface area contributed by atoms with Gasteiger partial charge in [0.25, 0.3) is 5.56 Å². The molecule has 5 aromatic rings. The lowest BCUT2D eigenvalue weighted by Crippen LogP contribution is -2.14. The summed E-state index contributed by atoms with van der Waals surface area (Å²) >= 11 is 18.8. The second-order valence-electron chi connectivity index (χ2n) is 9.35. The Morgan fingerprint density at radius 1 is 0.780 bits per heavy atom. The van der Waals surface area contributed by atoms with Gasteiger partial charge in [-0.2, -0.15) is 15.0 Å². The number of rotatable bonds is 7. The first-order valence-electron chi connectivity index (χ1n) is 12.4. The minimum Gasteiger partial charge on any atom is -0.324 e. The van der Waals surface area contributed by atoms with Crippen molar-refractivity contribution >= 4 is 69.4 Å². The predicted molar refractivity (Wildman–Crippen MR) is 164 cm³/mol. The molecule has 0 aliphatic carbocycles. The average molecular weight is 609 g/mol. The Kier molecular flexibility index (Phi) is 8.07. The molecule has 0 aliphatic heterocycles. The fraction of sp³-hybridized carbons (Fsp3) is 0.143. The van der Waals surface area contributed by atoms with Gasteiger partial charge in [-0.15, -0.1) is 10.2 Å². The molecule has 13 heteroatoms. The monoisotopic (exact) mass is 607 g/mol. The van der Waals surface area contributed by atoms with Gasteiger partial charge in [-0.3, -0.25) is 9.89 Å². The van der Waals surface area contributed by atoms with Crippen molar-refractivity contribution in [3.63, 3.8) is 0 Å². The second-order valence-corrected chi connectivity index (χ2v) is 10.5. The number of aryl methyl sites for hydroxylation is 4. The van der Waals surface area contributed by atoms with Crippen molar-refractivity contribution in [2.45, 2.75) is 27.7 Å². The molecule has 41 heavy (non-hydrogen) atoms. The lowest BCUT2D eigenvalue weighted by molar-refractivity contribution is 0.835. The Balaban J connectivity index is 1.40. The zero-order valence-electron chi connectivity index (χ0n) is 22.4. The van der Waals surface area contributed by atoms with Crippen molar-refractivity contribution in [2.24, 2.45) is 10.2 Å². The molecule has 0 aliphatic rings. The van der Waals surface area contributed by atoms with Crippen LogP contribution in [0.5, 0.6) is 0 Å². The van der Waals surface area contributed by atoms with Crippen LogP contribution < -0.4 is 16.2 Å². The van der Waals surface area contributed by atoms with E-state index in [4.69, 9.17) is 34.8 Å². The Morgan fingerprint density at radius 3 is 2.20 bits per heavy atom. The van der Waals surface area contributed by atoms with Crippen LogP contribution >= 0.6 is 34.8 Å². The van der Waals surface area contributed by atoms with Crippen molar-refractivity contribution in [3.8, 4) is 5.69 Å². The fourth-order valence-corrected chi connectivity index (χ4v) is 4.59. The van der Waals surface area contributed by atoms with Crippen LogP contribution in [0.1, 0.15) is 22.4 Å². The van der Waals surface area contributed by atoms with Crippen LogP contribution in [0.2, 0.25) is 15.3 Å². The highest BCUT2D eigenvalue weighted by atomic mass is 35.5. The van der Waals surface area contributed by atoms with E-state index in [0.29, 0.717) is 38.7 Å². The number of hydrogen-bond donors (Lipinski definition) is 3. The number of nitrogens with zero attached hydrogens (tertiary/aromatic N) is 6. The Hall–Kier alpha value is -4.25. The minimum atomic E-state index is -0.409. The van der Waals surface area contributed by atoms with E-state index >= 15 is 0 Å². The van der Waals surface area contributed by atoms with Crippen molar-refractivity contribution in [1.29, 1.82) is 0 Å². The van der Waals surface area contributed by atoms with Crippen LogP contribution in [-0.4, -0.2) is 24.7 Å². The van der Waals surface area contributed by atoms with Crippen LogP contribution in [0.4, 0.5) is 34.6 Å². The number of benzene rings is 3. The molecule has 5 rings (SSSR count). The topological polar surface area (TPSA) is 125 Å². The molecule has 0 radical (unpaired) electrons. The lowest BCUT2D eigenvalue weighted by Gasteiger charge is -2.10. The van der Waals surface area contributed by atoms with Crippen LogP contribution in [-0.2, 0) is 0 Å². The SMILES string of the molecule is Cc1cccc(Nc2nc(Cl)nc(Nc3ccc(C)c(N=Nc4c(C)[nH]n(-c5cc(Cl)c(C)cc5Cl)c4=O)c3)n2)c1. The third-order valence-electron chi connectivity index (χ3n) is 6.11. The smallest absolute Gasteiger partial charge is 0.299 e. The third-order valence-corrected chi connectivity index (χ3v) is 6.99. The highest BCUT2D eigenvalue weighted by Gasteiger charge is 2.16. The zero-order valence-corrected chi connectivity index (χ0v) is 24.7. The number of halogens is 3. The number of aromatic amines is 1. The molecule has 0 fully saturated rings. The molecule has 2 aromatic heterocycles. The molecular formula is C28H24Cl3N9O. The van der Waals surface area contributed by atoms with Crippen molar-refractivity contribution in [1.82, 2.24) is 24.7 Å². The molecule has 0 saturated heterocycles. The first-order valence-corrected chi connectivity index (χ1v) is 13.5. The highest BCUT2D eigenvalue weighted by Crippen LogP contribution is 2.30. The van der Waals surface area contributed by atoms with Crippen molar-refractivity contribution in [2.75, 3.05) is 10.6 Å². The van der Waals surface area contributed by atoms with E-state index in [1.165, 1.54) is 4.68 Å². The van der Waals surface area contributed by atoms with Gasteiger partial charge in [-0.25, -0.2) is 4.68 Å². The van der Waals surface area contributed by atoms with E-state index < -0.39 is 5.56 Å². The Morgan fingerprint density at radius 2 is 1.49 bits per heavy atom. The van der Waals surface area contributed by atoms with Gasteiger partial charge in [0.05, 0.1) is 22.1 Å². The molecule has 0 saturated carbocycles. The van der Waals surface area contributed by atoms with Gasteiger partial charge in [-0.05, 0) is 92.4 Å². The van der Waals surface area contributed by atoms with Crippen LogP contribution in [0.3, 0.4) is 0 Å². The first-order chi connectivity index (χ1) is 19.6. The van der Waals surface area contributed by atoms with Crippen LogP contribution in [0.15, 0.2) is 69.6 Å². The summed E-state index contributed by atoms with van der Waals surface area (Å²) in [4.78, 5) is 25.9. The van der Waals surface area contributed by atoms with E-state index in [9.17, 15) is 4.79 Å². The van der Waals surface area contributed by atoms with Gasteiger partial charge in [0.2, 0.25) is 17.2 Å². The number of H-pyrrole nitrogens is 1. The zero-order chi connectivity index (χ0) is 29.3. The second kappa shape index (κ2) is 11.7. The normalized spacial score (nSPS) is 11.3. The fourth-order valence-electron chi connectivity index (χ4n) is 3.97. The number of aromatic nitrogens is 5. The predicted octanol–water partition coefficient (Wildman–Crippen LogP) is 8.45. The van der Waals surface area contributed by atoms with Crippen molar-refractivity contribution in [3.05, 3.63) is 103 Å². The summed E-state index contributed by atoms with van der Waals surface area (Å²) in [7, 11) is 0. The number of azo groups is 1. The van der Waals surface area contributed by atoms with E-state index in [0.717, 1.165) is 22.4 Å². The van der Waals surface area contributed by atoms with Gasteiger partial charge in [0.1, 0.15) is 0 Å². The van der Waals surface area contributed by atoms with Gasteiger partial charge >= 0.3 is 0 Å². The molecule has 0 unspecified atom stereocenters. The molecule has 3 aromatic carbocycles. The maximum atomic E-state index is 13.2. The van der Waals surface area contributed by atoms with Gasteiger partial charge in [0.15, 0.2) is 5.69 Å². The summed E-state index contributed by atoms with van der Waals surface area (Å²) in [6.07, 6.45) is 0. The lowest BCUT2D eigenvalue weighted by atomic mass is 10.2. The Bertz CT molecular complexity index is 1860. The summed E-state index contributed by atoms with van der Waals surface area (Å²) in [6, 6.07) is 16.6. The molecule has 0 bridgehead atoms. The molecule has 3 N–H and O–H groups in total. The molecule has 0 spiro atoms. The van der Waals surface area contributed by atoms with Gasteiger partial charge in [0, 0.05) is 16.4 Å². The maximum absolute atomic E-state index is 13.2. The summed E-state index contributed by atoms with van der Waals surface area (Å²) in [5.41, 5.74) is 5.41. The third kappa shape index (κ3) is 6.40. The quantitative estimate of drug-likeness (QED) is 0.159. The van der Waals surface area contributed by atoms with Crippen LogP contribution in [0.25, 0.3) is 5.69 Å². The molecular weight excluding hydrogens is 585 g/mol. The number of nitrogens with one attached hydrogen (secondary N) is 3. The molecule has 208 valence electrons.